The van der Waals surface area contributed by atoms with Crippen LogP contribution in [-0.4, -0.2) is 17.5 Å². The van der Waals surface area contributed by atoms with E-state index in [1.54, 1.807) is 0 Å². The molecular formula is C11H18F2O2. The maximum absolute atomic E-state index is 12.8. The number of carbonyl (C=O) groups is 1. The van der Waals surface area contributed by atoms with Crippen molar-refractivity contribution in [2.45, 2.75) is 40.5 Å². The summed E-state index contributed by atoms with van der Waals surface area (Å²) in [6.07, 6.45) is -2.98. The number of hydrogen-bond acceptors (Lipinski definition) is 1. The number of carboxylic acids is 1. The van der Waals surface area contributed by atoms with Gasteiger partial charge in [-0.25, -0.2) is 8.78 Å². The summed E-state index contributed by atoms with van der Waals surface area (Å²) in [5, 5.41) is 8.62. The normalized spacial score (nSPS) is 25.3. The van der Waals surface area contributed by atoms with Gasteiger partial charge in [0.1, 0.15) is 0 Å². The first-order chi connectivity index (χ1) is 6.62. The van der Waals surface area contributed by atoms with Crippen molar-refractivity contribution in [1.82, 2.24) is 0 Å². The summed E-state index contributed by atoms with van der Waals surface area (Å²) < 4.78 is 25.5. The molecule has 0 spiro atoms. The highest BCUT2D eigenvalue weighted by molar-refractivity contribution is 5.67. The molecule has 0 heterocycles. The Morgan fingerprint density at radius 2 is 1.67 bits per heavy atom. The van der Waals surface area contributed by atoms with Gasteiger partial charge in [-0.15, -0.1) is 0 Å². The van der Waals surface area contributed by atoms with Gasteiger partial charge in [-0.2, -0.15) is 0 Å². The molecule has 88 valence electrons. The van der Waals surface area contributed by atoms with Gasteiger partial charge in [-0.05, 0) is 16.7 Å². The summed E-state index contributed by atoms with van der Waals surface area (Å²) in [5.41, 5.74) is -0.382. The number of halogens is 2. The van der Waals surface area contributed by atoms with Crippen molar-refractivity contribution in [3.8, 4) is 0 Å². The number of hydrogen-bond donors (Lipinski definition) is 1. The maximum atomic E-state index is 12.8. The molecule has 0 saturated heterocycles. The molecule has 0 amide bonds. The summed E-state index contributed by atoms with van der Waals surface area (Å²) in [6, 6.07) is 0. The van der Waals surface area contributed by atoms with Crippen LogP contribution in [0.25, 0.3) is 0 Å². The van der Waals surface area contributed by atoms with Crippen molar-refractivity contribution < 1.29 is 18.7 Å². The van der Waals surface area contributed by atoms with Gasteiger partial charge in [-0.1, -0.05) is 27.7 Å². The Labute approximate surface area is 88.7 Å². The first-order valence-electron chi connectivity index (χ1n) is 5.12. The maximum Gasteiger partial charge on any atom is 0.303 e. The average molecular weight is 220 g/mol. The van der Waals surface area contributed by atoms with Crippen molar-refractivity contribution in [3.63, 3.8) is 0 Å². The molecule has 2 nitrogen and oxygen atoms in total. The van der Waals surface area contributed by atoms with Crippen molar-refractivity contribution >= 4 is 5.97 Å². The van der Waals surface area contributed by atoms with Gasteiger partial charge < -0.3 is 5.11 Å². The van der Waals surface area contributed by atoms with Crippen LogP contribution in [0.3, 0.4) is 0 Å². The van der Waals surface area contributed by atoms with Crippen molar-refractivity contribution in [1.29, 1.82) is 0 Å². The lowest BCUT2D eigenvalue weighted by Crippen LogP contribution is -2.21. The van der Waals surface area contributed by atoms with E-state index in [0.717, 1.165) is 0 Å². The third-order valence-corrected chi connectivity index (χ3v) is 4.29. The minimum atomic E-state index is -2.55. The minimum absolute atomic E-state index is 0.191. The van der Waals surface area contributed by atoms with Crippen LogP contribution >= 0.6 is 0 Å². The van der Waals surface area contributed by atoms with Crippen molar-refractivity contribution in [3.05, 3.63) is 0 Å². The van der Waals surface area contributed by atoms with E-state index in [0.29, 0.717) is 0 Å². The highest BCUT2D eigenvalue weighted by Gasteiger charge is 2.68. The highest BCUT2D eigenvalue weighted by Crippen LogP contribution is 2.72. The monoisotopic (exact) mass is 220 g/mol. The average Bonchev–Trinajstić information content (AvgIpc) is 2.38. The van der Waals surface area contributed by atoms with E-state index in [1.165, 1.54) is 0 Å². The zero-order valence-electron chi connectivity index (χ0n) is 9.55. The van der Waals surface area contributed by atoms with Crippen LogP contribution in [0.5, 0.6) is 0 Å². The number of alkyl halides is 2. The van der Waals surface area contributed by atoms with Gasteiger partial charge >= 0.3 is 5.97 Å². The van der Waals surface area contributed by atoms with Crippen LogP contribution in [0, 0.1) is 22.7 Å². The Kier molecular flexibility index (Phi) is 2.83. The lowest BCUT2D eigenvalue weighted by Gasteiger charge is -2.15. The van der Waals surface area contributed by atoms with Crippen molar-refractivity contribution in [2.75, 3.05) is 0 Å². The molecular weight excluding hydrogens is 202 g/mol. The quantitative estimate of drug-likeness (QED) is 0.790. The van der Waals surface area contributed by atoms with E-state index in [2.05, 4.69) is 0 Å². The first-order valence-corrected chi connectivity index (χ1v) is 5.12. The summed E-state index contributed by atoms with van der Waals surface area (Å²) in [4.78, 5) is 10.5. The molecule has 1 N–H and O–H groups in total. The molecule has 0 aromatic carbocycles. The third kappa shape index (κ3) is 1.86. The molecule has 0 aliphatic heterocycles. The van der Waals surface area contributed by atoms with Gasteiger partial charge in [0.2, 0.25) is 6.43 Å². The molecule has 1 aliphatic carbocycles. The van der Waals surface area contributed by atoms with E-state index >= 15 is 0 Å². The number of rotatable bonds is 4. The fourth-order valence-corrected chi connectivity index (χ4v) is 2.87. The van der Waals surface area contributed by atoms with E-state index < -0.39 is 24.7 Å². The Morgan fingerprint density at radius 3 is 1.87 bits per heavy atom. The summed E-state index contributed by atoms with van der Waals surface area (Å²) in [6.45, 7) is 7.70. The van der Waals surface area contributed by atoms with E-state index in [4.69, 9.17) is 5.11 Å². The summed E-state index contributed by atoms with van der Waals surface area (Å²) >= 11 is 0. The molecule has 1 atom stereocenters. The van der Waals surface area contributed by atoms with Crippen LogP contribution in [-0.2, 0) is 4.79 Å². The largest absolute Gasteiger partial charge is 0.481 e. The molecule has 4 heteroatoms. The third-order valence-electron chi connectivity index (χ3n) is 4.29. The van der Waals surface area contributed by atoms with E-state index in [-0.39, 0.29) is 16.7 Å². The minimum Gasteiger partial charge on any atom is -0.481 e. The second-order valence-electron chi connectivity index (χ2n) is 5.52. The summed E-state index contributed by atoms with van der Waals surface area (Å²) in [7, 11) is 0. The molecule has 1 aliphatic rings. The molecule has 0 radical (unpaired) electrons. The van der Waals surface area contributed by atoms with Crippen LogP contribution < -0.4 is 0 Å². The Hall–Kier alpha value is -0.670. The molecule has 15 heavy (non-hydrogen) atoms. The van der Waals surface area contributed by atoms with E-state index in [9.17, 15) is 13.6 Å². The van der Waals surface area contributed by atoms with Crippen LogP contribution in [0.4, 0.5) is 8.78 Å². The predicted octanol–water partition coefficient (Wildman–Crippen LogP) is 3.02. The molecule has 0 bridgehead atoms. The fourth-order valence-electron chi connectivity index (χ4n) is 2.87. The SMILES string of the molecule is CC1(C)C(C(CC(=O)O)C(F)F)C1(C)C. The lowest BCUT2D eigenvalue weighted by molar-refractivity contribution is -0.140. The van der Waals surface area contributed by atoms with Gasteiger partial charge in [0, 0.05) is 5.92 Å². The number of aliphatic carboxylic acids is 1. The highest BCUT2D eigenvalue weighted by atomic mass is 19.3. The lowest BCUT2D eigenvalue weighted by atomic mass is 9.94. The zero-order valence-corrected chi connectivity index (χ0v) is 9.55. The first kappa shape index (κ1) is 12.4. The Morgan fingerprint density at radius 1 is 1.27 bits per heavy atom. The molecule has 1 fully saturated rings. The molecule has 1 unspecified atom stereocenters. The standard InChI is InChI=1S/C11H18F2O2/c1-10(2)8(11(10,3)4)6(9(12)13)5-7(14)15/h6,8-9H,5H2,1-4H3,(H,14,15). The van der Waals surface area contributed by atoms with Gasteiger partial charge in [0.05, 0.1) is 6.42 Å². The van der Waals surface area contributed by atoms with Gasteiger partial charge in [-0.3, -0.25) is 4.79 Å². The van der Waals surface area contributed by atoms with Crippen LogP contribution in [0.2, 0.25) is 0 Å². The fraction of sp³-hybridized carbons (Fsp3) is 0.909. The predicted molar refractivity (Wildman–Crippen MR) is 52.8 cm³/mol. The second-order valence-corrected chi connectivity index (χ2v) is 5.52. The number of carboxylic acid groups (broad SMARTS) is 1. The topological polar surface area (TPSA) is 37.3 Å². The van der Waals surface area contributed by atoms with Gasteiger partial charge in [0.15, 0.2) is 0 Å². The zero-order chi connectivity index (χ0) is 12.0. The summed E-state index contributed by atoms with van der Waals surface area (Å²) in [5.74, 6) is -2.37. The van der Waals surface area contributed by atoms with Crippen LogP contribution in [0.1, 0.15) is 34.1 Å². The van der Waals surface area contributed by atoms with Crippen LogP contribution in [0.15, 0.2) is 0 Å². The Bertz CT molecular complexity index is 258. The smallest absolute Gasteiger partial charge is 0.303 e. The molecule has 1 saturated carbocycles. The molecule has 0 aromatic rings. The molecule has 1 rings (SSSR count). The Balaban J connectivity index is 2.81. The van der Waals surface area contributed by atoms with E-state index in [1.807, 2.05) is 27.7 Å². The van der Waals surface area contributed by atoms with Gasteiger partial charge in [0.25, 0.3) is 0 Å². The van der Waals surface area contributed by atoms with Crippen molar-refractivity contribution in [2.24, 2.45) is 22.7 Å². The molecule has 0 aromatic heterocycles. The second kappa shape index (κ2) is 3.42.